The van der Waals surface area contributed by atoms with Gasteiger partial charge >= 0.3 is 15.5 Å². The van der Waals surface area contributed by atoms with Gasteiger partial charge in [-0.15, -0.1) is 0 Å². The van der Waals surface area contributed by atoms with Crippen molar-refractivity contribution in [1.82, 2.24) is 10.6 Å². The third kappa shape index (κ3) is 3.97. The normalized spacial score (nSPS) is 23.9. The molecular formula is C18H18F3N3O4S. The minimum atomic E-state index is -5.48. The number of benzene rings is 1. The van der Waals surface area contributed by atoms with Crippen LogP contribution in [0, 0.1) is 0 Å². The predicted molar refractivity (Wildman–Crippen MR) is 98.6 cm³/mol. The van der Waals surface area contributed by atoms with E-state index in [0.717, 1.165) is 19.3 Å². The molecule has 3 N–H and O–H groups in total. The number of carbonyl (C=O) groups excluding carboxylic acids is 1. The van der Waals surface area contributed by atoms with Gasteiger partial charge in [0.25, 0.3) is 5.91 Å². The third-order valence-electron chi connectivity index (χ3n) is 5.17. The quantitative estimate of drug-likeness (QED) is 0.679. The number of nitrogens with one attached hydrogen (secondary N) is 3. The Morgan fingerprint density at radius 3 is 2.41 bits per heavy atom. The van der Waals surface area contributed by atoms with E-state index in [4.69, 9.17) is 4.42 Å². The Morgan fingerprint density at radius 2 is 1.83 bits per heavy atom. The molecule has 0 unspecified atom stereocenters. The Morgan fingerprint density at radius 1 is 1.10 bits per heavy atom. The molecular weight excluding hydrogens is 411 g/mol. The first-order chi connectivity index (χ1) is 13.6. The summed E-state index contributed by atoms with van der Waals surface area (Å²) >= 11 is 0. The zero-order valence-corrected chi connectivity index (χ0v) is 15.8. The lowest BCUT2D eigenvalue weighted by Gasteiger charge is -2.20. The average Bonchev–Trinajstić information content (AvgIpc) is 3.38. The molecule has 3 heterocycles. The summed E-state index contributed by atoms with van der Waals surface area (Å²) in [4.78, 5) is 12.4. The van der Waals surface area contributed by atoms with Gasteiger partial charge in [-0.1, -0.05) is 0 Å². The number of halogens is 3. The molecule has 156 valence electrons. The lowest BCUT2D eigenvalue weighted by molar-refractivity contribution is -0.0429. The van der Waals surface area contributed by atoms with Crippen molar-refractivity contribution in [2.24, 2.45) is 0 Å². The van der Waals surface area contributed by atoms with Gasteiger partial charge in [0.2, 0.25) is 0 Å². The molecule has 1 aromatic carbocycles. The summed E-state index contributed by atoms with van der Waals surface area (Å²) in [7, 11) is -5.48. The molecule has 3 atom stereocenters. The van der Waals surface area contributed by atoms with Crippen LogP contribution >= 0.6 is 0 Å². The monoisotopic (exact) mass is 429 g/mol. The second-order valence-electron chi connectivity index (χ2n) is 7.16. The predicted octanol–water partition coefficient (Wildman–Crippen LogP) is 2.83. The molecule has 2 aliphatic heterocycles. The Hall–Kier alpha value is -2.53. The van der Waals surface area contributed by atoms with E-state index in [9.17, 15) is 26.4 Å². The number of amides is 1. The van der Waals surface area contributed by atoms with E-state index in [-0.39, 0.29) is 29.4 Å². The maximum atomic E-state index is 12.4. The number of sulfonamides is 1. The van der Waals surface area contributed by atoms with Gasteiger partial charge in [0, 0.05) is 29.4 Å². The van der Waals surface area contributed by atoms with Crippen LogP contribution in [0.2, 0.25) is 0 Å². The molecule has 0 saturated carbocycles. The molecule has 7 nitrogen and oxygen atoms in total. The van der Waals surface area contributed by atoms with E-state index in [1.54, 1.807) is 6.07 Å². The number of anilines is 1. The van der Waals surface area contributed by atoms with Crippen molar-refractivity contribution in [2.45, 2.75) is 42.9 Å². The fourth-order valence-electron chi connectivity index (χ4n) is 3.75. The highest BCUT2D eigenvalue weighted by Crippen LogP contribution is 2.30. The number of hydrogen-bond donors (Lipinski definition) is 3. The summed E-state index contributed by atoms with van der Waals surface area (Å²) < 4.78 is 66.6. The molecule has 11 heteroatoms. The average molecular weight is 429 g/mol. The fourth-order valence-corrected chi connectivity index (χ4v) is 4.32. The second kappa shape index (κ2) is 7.06. The minimum Gasteiger partial charge on any atom is -0.451 e. The number of furan rings is 1. The second-order valence-corrected chi connectivity index (χ2v) is 8.83. The van der Waals surface area contributed by atoms with E-state index < -0.39 is 15.5 Å². The maximum Gasteiger partial charge on any atom is 0.516 e. The van der Waals surface area contributed by atoms with E-state index in [1.807, 2.05) is 0 Å². The van der Waals surface area contributed by atoms with Crippen LogP contribution in [0.4, 0.5) is 18.9 Å². The summed E-state index contributed by atoms with van der Waals surface area (Å²) in [6.45, 7) is 0. The Labute approximate surface area is 164 Å². The highest BCUT2D eigenvalue weighted by atomic mass is 32.2. The van der Waals surface area contributed by atoms with Gasteiger partial charge in [-0.25, -0.2) is 0 Å². The van der Waals surface area contributed by atoms with Crippen LogP contribution in [0.15, 0.2) is 40.8 Å². The highest BCUT2D eigenvalue weighted by Gasteiger charge is 2.46. The third-order valence-corrected chi connectivity index (χ3v) is 6.29. The molecule has 2 saturated heterocycles. The van der Waals surface area contributed by atoms with E-state index >= 15 is 0 Å². The number of rotatable bonds is 5. The topological polar surface area (TPSA) is 100 Å². The molecule has 0 spiro atoms. The summed E-state index contributed by atoms with van der Waals surface area (Å²) in [6, 6.07) is 9.05. The van der Waals surface area contributed by atoms with E-state index in [2.05, 4.69) is 10.6 Å². The van der Waals surface area contributed by atoms with Crippen molar-refractivity contribution in [3.63, 3.8) is 0 Å². The van der Waals surface area contributed by atoms with Gasteiger partial charge in [0.15, 0.2) is 5.76 Å². The zero-order chi connectivity index (χ0) is 20.8. The summed E-state index contributed by atoms with van der Waals surface area (Å²) in [5.41, 5.74) is -5.15. The largest absolute Gasteiger partial charge is 0.516 e. The van der Waals surface area contributed by atoms with Gasteiger partial charge in [0.1, 0.15) is 5.76 Å². The first-order valence-electron chi connectivity index (χ1n) is 8.99. The number of carbonyl (C=O) groups is 1. The molecule has 2 aliphatic rings. The van der Waals surface area contributed by atoms with Crippen molar-refractivity contribution < 1.29 is 30.8 Å². The molecule has 2 aromatic rings. The molecule has 4 rings (SSSR count). The summed E-state index contributed by atoms with van der Waals surface area (Å²) in [5, 5.41) is 6.39. The number of alkyl halides is 3. The van der Waals surface area contributed by atoms with Crippen LogP contribution in [0.5, 0.6) is 0 Å². The SMILES string of the molecule is O=C(N[C@@H]1C[C@H]2CC[C@@H]1N2)c1ccc(-c2ccc(NS(=O)(=O)C(F)(F)F)cc2)o1. The van der Waals surface area contributed by atoms with Gasteiger partial charge in [-0.05, 0) is 55.7 Å². The Bertz CT molecular complexity index is 1020. The van der Waals surface area contributed by atoms with Gasteiger partial charge < -0.3 is 15.1 Å². The van der Waals surface area contributed by atoms with Crippen LogP contribution in [-0.2, 0) is 10.0 Å². The molecule has 1 aromatic heterocycles. The molecule has 0 radical (unpaired) electrons. The van der Waals surface area contributed by atoms with Crippen molar-refractivity contribution >= 4 is 21.6 Å². The molecule has 2 fully saturated rings. The van der Waals surface area contributed by atoms with E-state index in [1.165, 1.54) is 35.1 Å². The van der Waals surface area contributed by atoms with Crippen LogP contribution in [0.3, 0.4) is 0 Å². The molecule has 1 amide bonds. The number of hydrogen-bond acceptors (Lipinski definition) is 5. The summed E-state index contributed by atoms with van der Waals surface area (Å²) in [6.07, 6.45) is 3.04. The Balaban J connectivity index is 1.42. The smallest absolute Gasteiger partial charge is 0.451 e. The molecule has 2 bridgehead atoms. The first-order valence-corrected chi connectivity index (χ1v) is 10.5. The maximum absolute atomic E-state index is 12.4. The van der Waals surface area contributed by atoms with Crippen LogP contribution in [0.25, 0.3) is 11.3 Å². The van der Waals surface area contributed by atoms with Gasteiger partial charge in [-0.2, -0.15) is 21.6 Å². The molecule has 0 aliphatic carbocycles. The van der Waals surface area contributed by atoms with Gasteiger partial charge in [-0.3, -0.25) is 9.52 Å². The van der Waals surface area contributed by atoms with Crippen molar-refractivity contribution in [3.05, 3.63) is 42.2 Å². The van der Waals surface area contributed by atoms with Crippen molar-refractivity contribution in [3.8, 4) is 11.3 Å². The minimum absolute atomic E-state index is 0.0655. The summed E-state index contributed by atoms with van der Waals surface area (Å²) in [5.74, 6) is 0.140. The van der Waals surface area contributed by atoms with Crippen molar-refractivity contribution in [2.75, 3.05) is 4.72 Å². The first kappa shape index (κ1) is 19.8. The van der Waals surface area contributed by atoms with Crippen LogP contribution in [-0.4, -0.2) is 38.0 Å². The zero-order valence-electron chi connectivity index (χ0n) is 15.0. The van der Waals surface area contributed by atoms with Crippen molar-refractivity contribution in [1.29, 1.82) is 0 Å². The van der Waals surface area contributed by atoms with E-state index in [0.29, 0.717) is 17.4 Å². The van der Waals surface area contributed by atoms with Crippen LogP contribution in [0.1, 0.15) is 29.8 Å². The lowest BCUT2D eigenvalue weighted by Crippen LogP contribution is -2.42. The standard InChI is InChI=1S/C18H18F3N3O4S/c19-18(20,21)29(26,27)24-11-3-1-10(2-4-11)15-7-8-16(28-15)17(25)23-14-9-12-5-6-13(14)22-12/h1-4,7-8,12-14,22,24H,5-6,9H2,(H,23,25)/t12-,13+,14-/m1/s1. The highest BCUT2D eigenvalue weighted by molar-refractivity contribution is 7.93. The molecule has 29 heavy (non-hydrogen) atoms. The number of fused-ring (bicyclic) bond motifs is 2. The fraction of sp³-hybridized carbons (Fsp3) is 0.389. The Kier molecular flexibility index (Phi) is 4.82. The van der Waals surface area contributed by atoms with Crippen LogP contribution < -0.4 is 15.4 Å². The lowest BCUT2D eigenvalue weighted by atomic mass is 9.95. The van der Waals surface area contributed by atoms with Gasteiger partial charge in [0.05, 0.1) is 0 Å².